The predicted octanol–water partition coefficient (Wildman–Crippen LogP) is 1.94. The van der Waals surface area contributed by atoms with Gasteiger partial charge < -0.3 is 20.1 Å². The summed E-state index contributed by atoms with van der Waals surface area (Å²) in [5.41, 5.74) is 7.66. The number of aromatic nitrogens is 4. The highest BCUT2D eigenvalue weighted by Crippen LogP contribution is 2.28. The zero-order chi connectivity index (χ0) is 24.3. The molecule has 4 rings (SSSR count). The van der Waals surface area contributed by atoms with Crippen molar-refractivity contribution in [1.29, 1.82) is 0 Å². The number of carbonyl (C=O) groups excluding carboxylic acids is 1. The van der Waals surface area contributed by atoms with Crippen LogP contribution >= 0.6 is 11.6 Å². The van der Waals surface area contributed by atoms with Gasteiger partial charge in [-0.15, -0.1) is 0 Å². The zero-order valence-corrected chi connectivity index (χ0v) is 17.4. The lowest BCUT2D eigenvalue weighted by Crippen LogP contribution is -2.43. The quantitative estimate of drug-likeness (QED) is 0.577. The minimum absolute atomic E-state index is 0.0535. The molecule has 1 aliphatic heterocycles. The summed E-state index contributed by atoms with van der Waals surface area (Å²) in [6.45, 7) is -0.517. The summed E-state index contributed by atoms with van der Waals surface area (Å²) in [6, 6.07) is 8.70. The molecule has 0 spiro atoms. The number of ether oxygens (including phenoxy) is 2. The number of hydrogen-bond acceptors (Lipinski definition) is 7. The minimum atomic E-state index is -2.49. The van der Waals surface area contributed by atoms with Crippen molar-refractivity contribution in [1.82, 2.24) is 24.6 Å². The molecule has 1 fully saturated rings. The van der Waals surface area contributed by atoms with Crippen LogP contribution in [0.3, 0.4) is 0 Å². The standard InChI is InChI=1S/C21H23ClN6O3/c1-27-12-15(20(26-27)16-11-18(22)25-21(23)24-16)10-14-4-2-3-5-17(14)31-13-19(29)28-6-8-30-9-7-28/h2-5,11-12H,6-10,13H2,1H3,(H2,23,24,25)/i1D3. The number of hydrogen-bond donors (Lipinski definition) is 1. The van der Waals surface area contributed by atoms with Crippen LogP contribution in [0.5, 0.6) is 5.75 Å². The first-order valence-electron chi connectivity index (χ1n) is 11.2. The molecule has 0 radical (unpaired) electrons. The van der Waals surface area contributed by atoms with Crippen LogP contribution in [0.2, 0.25) is 5.15 Å². The molecule has 1 aromatic carbocycles. The van der Waals surface area contributed by atoms with E-state index in [4.69, 9.17) is 30.9 Å². The van der Waals surface area contributed by atoms with Crippen LogP contribution in [-0.2, 0) is 22.9 Å². The predicted molar refractivity (Wildman–Crippen MR) is 116 cm³/mol. The second-order valence-corrected chi connectivity index (χ2v) is 7.34. The van der Waals surface area contributed by atoms with E-state index in [0.29, 0.717) is 49.0 Å². The molecule has 31 heavy (non-hydrogen) atoms. The van der Waals surface area contributed by atoms with E-state index in [9.17, 15) is 4.79 Å². The molecule has 2 aromatic heterocycles. The van der Waals surface area contributed by atoms with E-state index in [1.807, 2.05) is 12.1 Å². The fourth-order valence-electron chi connectivity index (χ4n) is 3.35. The number of halogens is 1. The topological polar surface area (TPSA) is 108 Å². The molecule has 2 N–H and O–H groups in total. The zero-order valence-electron chi connectivity index (χ0n) is 19.6. The van der Waals surface area contributed by atoms with Crippen molar-refractivity contribution < 1.29 is 18.4 Å². The van der Waals surface area contributed by atoms with Gasteiger partial charge in [-0.3, -0.25) is 9.48 Å². The Bertz CT molecular complexity index is 1160. The molecule has 1 saturated heterocycles. The number of amides is 1. The average molecular weight is 446 g/mol. The smallest absolute Gasteiger partial charge is 0.260 e. The molecule has 162 valence electrons. The van der Waals surface area contributed by atoms with Gasteiger partial charge in [0.1, 0.15) is 16.6 Å². The lowest BCUT2D eigenvalue weighted by atomic mass is 10.0. The SMILES string of the molecule is [2H]C([2H])([2H])n1cc(Cc2ccccc2OCC(=O)N2CCOCC2)c(-c2cc(Cl)nc(N)n2)n1. The third kappa shape index (κ3) is 5.12. The first-order valence-corrected chi connectivity index (χ1v) is 10.0. The molecule has 10 heteroatoms. The van der Waals surface area contributed by atoms with Gasteiger partial charge in [-0.05, 0) is 11.6 Å². The lowest BCUT2D eigenvalue weighted by molar-refractivity contribution is -0.137. The van der Waals surface area contributed by atoms with Crippen molar-refractivity contribution in [2.75, 3.05) is 38.6 Å². The monoisotopic (exact) mass is 445 g/mol. The number of nitrogens with zero attached hydrogens (tertiary/aromatic N) is 5. The van der Waals surface area contributed by atoms with Crippen LogP contribution in [0.15, 0.2) is 36.5 Å². The highest BCUT2D eigenvalue weighted by Gasteiger charge is 2.19. The molecule has 9 nitrogen and oxygen atoms in total. The molecule has 3 heterocycles. The van der Waals surface area contributed by atoms with Gasteiger partial charge in [0.05, 0.1) is 18.9 Å². The minimum Gasteiger partial charge on any atom is -0.483 e. The Kier molecular flexibility index (Phi) is 5.26. The molecule has 1 aliphatic rings. The number of anilines is 1. The Morgan fingerprint density at radius 3 is 2.87 bits per heavy atom. The van der Waals surface area contributed by atoms with Crippen LogP contribution in [0, 0.1) is 0 Å². The maximum absolute atomic E-state index is 12.5. The van der Waals surface area contributed by atoms with Gasteiger partial charge >= 0.3 is 0 Å². The van der Waals surface area contributed by atoms with E-state index < -0.39 is 6.98 Å². The average Bonchev–Trinajstić information content (AvgIpc) is 3.23. The Hall–Kier alpha value is -3.17. The number of benzene rings is 1. The highest BCUT2D eigenvalue weighted by atomic mass is 35.5. The van der Waals surface area contributed by atoms with Crippen molar-refractivity contribution in [3.8, 4) is 17.1 Å². The molecular weight excluding hydrogens is 420 g/mol. The van der Waals surface area contributed by atoms with Crippen LogP contribution < -0.4 is 10.5 Å². The first-order chi connectivity index (χ1) is 16.2. The normalized spacial score (nSPS) is 15.8. The molecule has 0 aliphatic carbocycles. The molecule has 0 bridgehead atoms. The van der Waals surface area contributed by atoms with E-state index in [1.54, 1.807) is 17.0 Å². The number of morpholine rings is 1. The van der Waals surface area contributed by atoms with Gasteiger partial charge in [0, 0.05) is 48.4 Å². The summed E-state index contributed by atoms with van der Waals surface area (Å²) in [6.07, 6.45) is 1.71. The van der Waals surface area contributed by atoms with Crippen LogP contribution in [-0.4, -0.2) is 63.5 Å². The second kappa shape index (κ2) is 9.32. The van der Waals surface area contributed by atoms with Crippen molar-refractivity contribution in [3.63, 3.8) is 0 Å². The molecule has 0 unspecified atom stereocenters. The Labute approximate surface area is 189 Å². The fourth-order valence-corrected chi connectivity index (χ4v) is 3.54. The Morgan fingerprint density at radius 2 is 2.10 bits per heavy atom. The Balaban J connectivity index is 1.61. The van der Waals surface area contributed by atoms with Crippen LogP contribution in [0.25, 0.3) is 11.4 Å². The third-order valence-corrected chi connectivity index (χ3v) is 5.01. The molecule has 0 saturated carbocycles. The summed E-state index contributed by atoms with van der Waals surface area (Å²) < 4.78 is 35.2. The van der Waals surface area contributed by atoms with Gasteiger partial charge in [-0.1, -0.05) is 29.8 Å². The van der Waals surface area contributed by atoms with E-state index in [1.165, 1.54) is 12.3 Å². The van der Waals surface area contributed by atoms with Crippen molar-refractivity contribution in [3.05, 3.63) is 52.8 Å². The third-order valence-electron chi connectivity index (χ3n) is 4.81. The van der Waals surface area contributed by atoms with Crippen molar-refractivity contribution in [2.45, 2.75) is 6.42 Å². The summed E-state index contributed by atoms with van der Waals surface area (Å²) in [5.74, 6) is 0.333. The number of aryl methyl sites for hydroxylation is 1. The van der Waals surface area contributed by atoms with Crippen molar-refractivity contribution >= 4 is 23.5 Å². The van der Waals surface area contributed by atoms with E-state index >= 15 is 0 Å². The van der Waals surface area contributed by atoms with Gasteiger partial charge in [-0.2, -0.15) is 5.10 Å². The van der Waals surface area contributed by atoms with Gasteiger partial charge in [0.2, 0.25) is 5.95 Å². The van der Waals surface area contributed by atoms with Crippen molar-refractivity contribution in [2.24, 2.45) is 6.98 Å². The summed E-state index contributed by atoms with van der Waals surface area (Å²) in [5, 5.41) is 4.34. The van der Waals surface area contributed by atoms with E-state index in [2.05, 4.69) is 15.1 Å². The molecule has 3 aromatic rings. The number of nitrogen functional groups attached to an aromatic ring is 1. The lowest BCUT2D eigenvalue weighted by Gasteiger charge is -2.26. The van der Waals surface area contributed by atoms with Crippen LogP contribution in [0.1, 0.15) is 15.2 Å². The van der Waals surface area contributed by atoms with Gasteiger partial charge in [0.15, 0.2) is 6.61 Å². The molecule has 1 amide bonds. The number of carbonyl (C=O) groups is 1. The molecule has 0 atom stereocenters. The highest BCUT2D eigenvalue weighted by molar-refractivity contribution is 6.29. The van der Waals surface area contributed by atoms with Gasteiger partial charge in [0.25, 0.3) is 5.91 Å². The maximum Gasteiger partial charge on any atom is 0.260 e. The fraction of sp³-hybridized carbons (Fsp3) is 0.333. The largest absolute Gasteiger partial charge is 0.483 e. The van der Waals surface area contributed by atoms with E-state index in [-0.39, 0.29) is 30.0 Å². The number of para-hydroxylation sites is 1. The summed E-state index contributed by atoms with van der Waals surface area (Å²) in [7, 11) is 0. The first kappa shape index (κ1) is 17.5. The summed E-state index contributed by atoms with van der Waals surface area (Å²) >= 11 is 6.03. The van der Waals surface area contributed by atoms with Gasteiger partial charge in [-0.25, -0.2) is 9.97 Å². The maximum atomic E-state index is 12.5. The van der Waals surface area contributed by atoms with Crippen LogP contribution in [0.4, 0.5) is 5.95 Å². The number of nitrogens with two attached hydrogens (primary N) is 1. The second-order valence-electron chi connectivity index (χ2n) is 6.95. The molecular formula is C21H23ClN6O3. The summed E-state index contributed by atoms with van der Waals surface area (Å²) in [4.78, 5) is 22.2. The number of rotatable bonds is 6. The van der Waals surface area contributed by atoms with E-state index in [0.717, 1.165) is 10.2 Å². The Morgan fingerprint density at radius 1 is 1.29 bits per heavy atom.